The summed E-state index contributed by atoms with van der Waals surface area (Å²) < 4.78 is 14.0. The summed E-state index contributed by atoms with van der Waals surface area (Å²) in [6.45, 7) is -0.346. The maximum Gasteiger partial charge on any atom is 0.269 e. The first-order chi connectivity index (χ1) is 9.52. The Labute approximate surface area is 113 Å². The van der Waals surface area contributed by atoms with Gasteiger partial charge in [-0.2, -0.15) is 5.26 Å². The van der Waals surface area contributed by atoms with Gasteiger partial charge >= 0.3 is 0 Å². The lowest BCUT2D eigenvalue weighted by Crippen LogP contribution is -2.30. The van der Waals surface area contributed by atoms with Gasteiger partial charge in [-0.1, -0.05) is 0 Å². The van der Waals surface area contributed by atoms with E-state index in [4.69, 9.17) is 11.0 Å². The number of carbonyl (C=O) groups excluding carboxylic acids is 1. The standard InChI is InChI=1S/C14H10FN3O2/c15-11-4-1-9(2-5-11)12-6-3-10(7-16)14(20)18(12)8-13(17)19/h1-6H,8H2,(H2,17,19). The lowest BCUT2D eigenvalue weighted by molar-refractivity contribution is -0.118. The molecule has 0 atom stereocenters. The molecule has 2 N–H and O–H groups in total. The zero-order valence-electron chi connectivity index (χ0n) is 10.3. The molecule has 1 aromatic carbocycles. The number of pyridine rings is 1. The van der Waals surface area contributed by atoms with E-state index in [1.807, 2.05) is 0 Å². The molecule has 0 aliphatic heterocycles. The highest BCUT2D eigenvalue weighted by molar-refractivity contribution is 5.75. The van der Waals surface area contributed by atoms with Crippen molar-refractivity contribution >= 4 is 5.91 Å². The number of amides is 1. The molecule has 20 heavy (non-hydrogen) atoms. The van der Waals surface area contributed by atoms with Crippen molar-refractivity contribution in [3.05, 3.63) is 58.1 Å². The molecule has 0 saturated heterocycles. The number of nitrogens with two attached hydrogens (primary N) is 1. The van der Waals surface area contributed by atoms with Crippen LogP contribution < -0.4 is 11.3 Å². The van der Waals surface area contributed by atoms with E-state index in [0.717, 1.165) is 4.57 Å². The third kappa shape index (κ3) is 2.57. The highest BCUT2D eigenvalue weighted by Crippen LogP contribution is 2.18. The topological polar surface area (TPSA) is 88.9 Å². The number of hydrogen-bond donors (Lipinski definition) is 1. The predicted octanol–water partition coefficient (Wildman–Crippen LogP) is 1.01. The van der Waals surface area contributed by atoms with Gasteiger partial charge in [0.15, 0.2) is 0 Å². The summed E-state index contributed by atoms with van der Waals surface area (Å²) in [7, 11) is 0. The second kappa shape index (κ2) is 5.36. The predicted molar refractivity (Wildman–Crippen MR) is 70.0 cm³/mol. The van der Waals surface area contributed by atoms with Crippen molar-refractivity contribution in [1.29, 1.82) is 5.26 Å². The van der Waals surface area contributed by atoms with Crippen LogP contribution in [0.15, 0.2) is 41.2 Å². The molecule has 100 valence electrons. The summed E-state index contributed by atoms with van der Waals surface area (Å²) in [6.07, 6.45) is 0. The van der Waals surface area contributed by atoms with Crippen molar-refractivity contribution in [3.63, 3.8) is 0 Å². The Hall–Kier alpha value is -2.94. The number of halogens is 1. The molecule has 5 nitrogen and oxygen atoms in total. The van der Waals surface area contributed by atoms with Crippen LogP contribution in [-0.4, -0.2) is 10.5 Å². The largest absolute Gasteiger partial charge is 0.368 e. The first-order valence-corrected chi connectivity index (χ1v) is 5.71. The van der Waals surface area contributed by atoms with Crippen LogP contribution in [0, 0.1) is 17.1 Å². The van der Waals surface area contributed by atoms with Crippen LogP contribution in [-0.2, 0) is 11.3 Å². The minimum Gasteiger partial charge on any atom is -0.368 e. The third-order valence-electron chi connectivity index (χ3n) is 2.75. The molecule has 1 amide bonds. The van der Waals surface area contributed by atoms with Crippen LogP contribution in [0.3, 0.4) is 0 Å². The van der Waals surface area contributed by atoms with Gasteiger partial charge in [-0.3, -0.25) is 14.2 Å². The lowest BCUT2D eigenvalue weighted by atomic mass is 10.1. The molecule has 0 unspecified atom stereocenters. The van der Waals surface area contributed by atoms with E-state index >= 15 is 0 Å². The first-order valence-electron chi connectivity index (χ1n) is 5.71. The van der Waals surface area contributed by atoms with Gasteiger partial charge < -0.3 is 5.73 Å². The molecule has 2 rings (SSSR count). The Morgan fingerprint density at radius 1 is 1.25 bits per heavy atom. The summed E-state index contributed by atoms with van der Waals surface area (Å²) in [4.78, 5) is 23.1. The maximum absolute atomic E-state index is 12.9. The van der Waals surface area contributed by atoms with E-state index in [-0.39, 0.29) is 12.1 Å². The molecule has 0 aliphatic rings. The summed E-state index contributed by atoms with van der Waals surface area (Å²) in [5, 5.41) is 8.85. The van der Waals surface area contributed by atoms with E-state index in [9.17, 15) is 14.0 Å². The van der Waals surface area contributed by atoms with Crippen LogP contribution in [0.2, 0.25) is 0 Å². The van der Waals surface area contributed by atoms with Gasteiger partial charge in [-0.15, -0.1) is 0 Å². The Bertz CT molecular complexity index is 757. The van der Waals surface area contributed by atoms with Crippen molar-refractivity contribution in [3.8, 4) is 17.3 Å². The van der Waals surface area contributed by atoms with E-state index < -0.39 is 17.3 Å². The van der Waals surface area contributed by atoms with Crippen LogP contribution in [0.1, 0.15) is 5.56 Å². The maximum atomic E-state index is 12.9. The van der Waals surface area contributed by atoms with Gasteiger partial charge in [0.2, 0.25) is 5.91 Å². The molecule has 1 heterocycles. The lowest BCUT2D eigenvalue weighted by Gasteiger charge is -2.11. The average molecular weight is 271 g/mol. The second-order valence-corrected chi connectivity index (χ2v) is 4.11. The van der Waals surface area contributed by atoms with Crippen molar-refractivity contribution < 1.29 is 9.18 Å². The van der Waals surface area contributed by atoms with Crippen LogP contribution in [0.5, 0.6) is 0 Å². The number of aromatic nitrogens is 1. The first kappa shape index (κ1) is 13.5. The smallest absolute Gasteiger partial charge is 0.269 e. The van der Waals surface area contributed by atoms with E-state index in [1.165, 1.54) is 36.4 Å². The van der Waals surface area contributed by atoms with Gasteiger partial charge in [0, 0.05) is 0 Å². The van der Waals surface area contributed by atoms with Gasteiger partial charge in [-0.25, -0.2) is 4.39 Å². The van der Waals surface area contributed by atoms with Crippen molar-refractivity contribution in [2.75, 3.05) is 0 Å². The van der Waals surface area contributed by atoms with Crippen molar-refractivity contribution in [2.45, 2.75) is 6.54 Å². The number of rotatable bonds is 3. The summed E-state index contributed by atoms with van der Waals surface area (Å²) in [5.41, 5.74) is 5.37. The number of benzene rings is 1. The van der Waals surface area contributed by atoms with Gasteiger partial charge in [0.25, 0.3) is 5.56 Å². The number of hydrogen-bond acceptors (Lipinski definition) is 3. The highest BCUT2D eigenvalue weighted by atomic mass is 19.1. The Morgan fingerprint density at radius 3 is 2.45 bits per heavy atom. The third-order valence-corrected chi connectivity index (χ3v) is 2.75. The molecule has 1 aromatic heterocycles. The molecule has 0 spiro atoms. The van der Waals surface area contributed by atoms with Gasteiger partial charge in [0.1, 0.15) is 24.0 Å². The number of nitrogens with zero attached hydrogens (tertiary/aromatic N) is 2. The fraction of sp³-hybridized carbons (Fsp3) is 0.0714. The highest BCUT2D eigenvalue weighted by Gasteiger charge is 2.12. The molecule has 2 aromatic rings. The SMILES string of the molecule is N#Cc1ccc(-c2ccc(F)cc2)n(CC(N)=O)c1=O. The molecular weight excluding hydrogens is 261 g/mol. The molecule has 0 aliphatic carbocycles. The van der Waals surface area contributed by atoms with Crippen molar-refractivity contribution in [2.24, 2.45) is 5.73 Å². The van der Waals surface area contributed by atoms with E-state index in [1.54, 1.807) is 6.07 Å². The van der Waals surface area contributed by atoms with E-state index in [2.05, 4.69) is 0 Å². The fourth-order valence-electron chi connectivity index (χ4n) is 1.85. The Kier molecular flexibility index (Phi) is 3.62. The molecule has 0 fully saturated rings. The molecule has 0 radical (unpaired) electrons. The summed E-state index contributed by atoms with van der Waals surface area (Å²) in [5.74, 6) is -1.11. The number of nitriles is 1. The zero-order valence-corrected chi connectivity index (χ0v) is 10.3. The monoisotopic (exact) mass is 271 g/mol. The Morgan fingerprint density at radius 2 is 1.90 bits per heavy atom. The van der Waals surface area contributed by atoms with Crippen LogP contribution >= 0.6 is 0 Å². The zero-order chi connectivity index (χ0) is 14.7. The fourth-order valence-corrected chi connectivity index (χ4v) is 1.85. The Balaban J connectivity index is 2.67. The molecular formula is C14H10FN3O2. The quantitative estimate of drug-likeness (QED) is 0.903. The van der Waals surface area contributed by atoms with E-state index in [0.29, 0.717) is 11.3 Å². The van der Waals surface area contributed by atoms with Crippen molar-refractivity contribution in [1.82, 2.24) is 4.57 Å². The molecule has 6 heteroatoms. The second-order valence-electron chi connectivity index (χ2n) is 4.11. The minimum atomic E-state index is -0.703. The molecule has 0 bridgehead atoms. The summed E-state index contributed by atoms with van der Waals surface area (Å²) in [6, 6.07) is 10.1. The number of primary amides is 1. The van der Waals surface area contributed by atoms with Crippen LogP contribution in [0.4, 0.5) is 4.39 Å². The van der Waals surface area contributed by atoms with Gasteiger partial charge in [0.05, 0.1) is 5.69 Å². The van der Waals surface area contributed by atoms with Gasteiger partial charge in [-0.05, 0) is 42.0 Å². The molecule has 0 saturated carbocycles. The minimum absolute atomic E-state index is 0.0860. The average Bonchev–Trinajstić information content (AvgIpc) is 2.42. The van der Waals surface area contributed by atoms with Crippen LogP contribution in [0.25, 0.3) is 11.3 Å². The number of carbonyl (C=O) groups is 1. The summed E-state index contributed by atoms with van der Waals surface area (Å²) >= 11 is 0. The normalized spacial score (nSPS) is 10.0.